The maximum atomic E-state index is 12.9. The lowest BCUT2D eigenvalue weighted by Crippen LogP contribution is -2.26. The Balaban J connectivity index is 1.26. The second-order valence-corrected chi connectivity index (χ2v) is 8.80. The Morgan fingerprint density at radius 3 is 2.52 bits per heavy atom. The van der Waals surface area contributed by atoms with Gasteiger partial charge in [-0.3, -0.25) is 0 Å². The number of aromatic nitrogens is 2. The largest absolute Gasteiger partial charge is 0.490 e. The summed E-state index contributed by atoms with van der Waals surface area (Å²) in [6.45, 7) is 9.75. The van der Waals surface area contributed by atoms with Gasteiger partial charge in [0, 0.05) is 19.4 Å². The molecule has 0 N–H and O–H groups in total. The van der Waals surface area contributed by atoms with E-state index >= 15 is 0 Å². The maximum absolute atomic E-state index is 12.9. The average molecular weight is 430 g/mol. The second-order valence-electron chi connectivity index (χ2n) is 8.80. The Kier molecular flexibility index (Phi) is 6.12. The topological polar surface area (TPSA) is 47.5 Å². The normalized spacial score (nSPS) is 22.8. The molecule has 2 heterocycles. The van der Waals surface area contributed by atoms with E-state index < -0.39 is 11.8 Å². The summed E-state index contributed by atoms with van der Waals surface area (Å²) in [5.74, 6) is -0.946. The summed E-state index contributed by atoms with van der Waals surface area (Å²) in [6.07, 6.45) is 4.91. The summed E-state index contributed by atoms with van der Waals surface area (Å²) in [6, 6.07) is 8.29. The fourth-order valence-corrected chi connectivity index (χ4v) is 3.91. The zero-order valence-electron chi connectivity index (χ0n) is 18.1. The van der Waals surface area contributed by atoms with Crippen molar-refractivity contribution in [1.82, 2.24) is 9.97 Å². The summed E-state index contributed by atoms with van der Waals surface area (Å²) in [4.78, 5) is 10.7. The summed E-state index contributed by atoms with van der Waals surface area (Å²) in [5, 5.41) is 0. The highest BCUT2D eigenvalue weighted by molar-refractivity contribution is 5.34. The van der Waals surface area contributed by atoms with E-state index in [1.165, 1.54) is 11.1 Å². The van der Waals surface area contributed by atoms with Crippen molar-refractivity contribution in [3.63, 3.8) is 0 Å². The van der Waals surface area contributed by atoms with Gasteiger partial charge >= 0.3 is 0 Å². The second kappa shape index (κ2) is 8.81. The molecule has 1 aliphatic heterocycles. The number of nitrogens with zero attached hydrogens (tertiary/aromatic N) is 3. The lowest BCUT2D eigenvalue weighted by atomic mass is 9.95. The molecule has 0 bridgehead atoms. The molecule has 1 aliphatic carbocycles. The van der Waals surface area contributed by atoms with Crippen molar-refractivity contribution in [2.45, 2.75) is 51.1 Å². The van der Waals surface area contributed by atoms with Crippen LogP contribution in [0.3, 0.4) is 0 Å². The van der Waals surface area contributed by atoms with Crippen molar-refractivity contribution >= 4 is 5.95 Å². The number of allylic oxidation sites excluding steroid dienone is 1. The van der Waals surface area contributed by atoms with Crippen LogP contribution in [0.4, 0.5) is 14.7 Å². The molecule has 5 nitrogen and oxygen atoms in total. The first kappa shape index (κ1) is 21.5. The number of hydrogen-bond donors (Lipinski definition) is 0. The van der Waals surface area contributed by atoms with Crippen LogP contribution in [0.25, 0.3) is 0 Å². The van der Waals surface area contributed by atoms with Crippen LogP contribution in [0.2, 0.25) is 0 Å². The quantitative estimate of drug-likeness (QED) is 0.510. The van der Waals surface area contributed by atoms with E-state index in [1.807, 2.05) is 12.1 Å². The number of alkyl halides is 2. The van der Waals surface area contributed by atoms with Crippen LogP contribution in [0.5, 0.6) is 11.5 Å². The van der Waals surface area contributed by atoms with Gasteiger partial charge in [-0.25, -0.2) is 18.7 Å². The SMILES string of the molecule is C=C(C)C[C@@H](C)c1ccc(OC2CCN(c3ncc(OC[C@H]4CC4(F)F)cn3)C2)cc1. The molecule has 0 spiro atoms. The standard InChI is InChI=1S/C24H29F2N3O2/c1-16(2)10-17(3)18-4-6-20(7-5-18)31-21-8-9-29(14-21)23-27-12-22(13-28-23)30-15-19-11-24(19,25)26/h4-7,12-13,17,19,21H,1,8-11,14-15H2,2-3H3/t17-,19-,21?/m1/s1. The highest BCUT2D eigenvalue weighted by atomic mass is 19.3. The van der Waals surface area contributed by atoms with Gasteiger partial charge in [0.25, 0.3) is 5.92 Å². The fourth-order valence-electron chi connectivity index (χ4n) is 3.91. The van der Waals surface area contributed by atoms with Gasteiger partial charge in [0.15, 0.2) is 5.75 Å². The zero-order chi connectivity index (χ0) is 22.0. The van der Waals surface area contributed by atoms with Gasteiger partial charge in [0.05, 0.1) is 31.5 Å². The molecule has 1 unspecified atom stereocenters. The van der Waals surface area contributed by atoms with Crippen molar-refractivity contribution < 1.29 is 18.3 Å². The Morgan fingerprint density at radius 2 is 1.90 bits per heavy atom. The molecule has 0 amide bonds. The molecule has 2 fully saturated rings. The predicted molar refractivity (Wildman–Crippen MR) is 116 cm³/mol. The molecule has 7 heteroatoms. The van der Waals surface area contributed by atoms with E-state index in [4.69, 9.17) is 9.47 Å². The minimum Gasteiger partial charge on any atom is -0.490 e. The summed E-state index contributed by atoms with van der Waals surface area (Å²) < 4.78 is 37.4. The molecule has 31 heavy (non-hydrogen) atoms. The molecule has 2 aromatic rings. The van der Waals surface area contributed by atoms with Gasteiger partial charge < -0.3 is 14.4 Å². The molecule has 166 valence electrons. The summed E-state index contributed by atoms with van der Waals surface area (Å²) >= 11 is 0. The highest BCUT2D eigenvalue weighted by Gasteiger charge is 2.57. The predicted octanol–water partition coefficient (Wildman–Crippen LogP) is 5.24. The highest BCUT2D eigenvalue weighted by Crippen LogP contribution is 2.48. The number of halogens is 2. The molecule has 0 radical (unpaired) electrons. The maximum Gasteiger partial charge on any atom is 0.255 e. The Hall–Kier alpha value is -2.70. The van der Waals surface area contributed by atoms with Crippen molar-refractivity contribution in [1.29, 1.82) is 0 Å². The third-order valence-corrected chi connectivity index (χ3v) is 5.86. The lowest BCUT2D eigenvalue weighted by Gasteiger charge is -2.18. The molecule has 1 saturated carbocycles. The first-order valence-electron chi connectivity index (χ1n) is 10.8. The van der Waals surface area contributed by atoms with Crippen molar-refractivity contribution in [3.05, 3.63) is 54.4 Å². The first-order valence-corrected chi connectivity index (χ1v) is 10.8. The van der Waals surface area contributed by atoms with E-state index in [0.29, 0.717) is 24.2 Å². The minimum atomic E-state index is -2.57. The van der Waals surface area contributed by atoms with Crippen LogP contribution < -0.4 is 14.4 Å². The lowest BCUT2D eigenvalue weighted by molar-refractivity contribution is 0.0855. The van der Waals surface area contributed by atoms with Crippen molar-refractivity contribution in [2.75, 3.05) is 24.6 Å². The molecule has 3 atom stereocenters. The van der Waals surface area contributed by atoms with Gasteiger partial charge in [-0.1, -0.05) is 24.6 Å². The van der Waals surface area contributed by atoms with E-state index in [1.54, 1.807) is 12.4 Å². The smallest absolute Gasteiger partial charge is 0.255 e. The fraction of sp³-hybridized carbons (Fsp3) is 0.500. The van der Waals surface area contributed by atoms with Crippen LogP contribution in [-0.2, 0) is 0 Å². The van der Waals surface area contributed by atoms with Gasteiger partial charge in [-0.15, -0.1) is 6.58 Å². The number of ether oxygens (including phenoxy) is 2. The Morgan fingerprint density at radius 1 is 1.23 bits per heavy atom. The number of anilines is 1. The molecule has 1 saturated heterocycles. The van der Waals surface area contributed by atoms with Crippen molar-refractivity contribution in [2.24, 2.45) is 5.92 Å². The Labute approximate surface area is 182 Å². The van der Waals surface area contributed by atoms with E-state index in [0.717, 1.165) is 25.1 Å². The molecular weight excluding hydrogens is 400 g/mol. The summed E-state index contributed by atoms with van der Waals surface area (Å²) in [5.41, 5.74) is 2.47. The molecule has 1 aromatic carbocycles. The van der Waals surface area contributed by atoms with E-state index in [2.05, 4.69) is 47.4 Å². The molecule has 4 rings (SSSR count). The third kappa shape index (κ3) is 5.51. The van der Waals surface area contributed by atoms with Crippen LogP contribution in [0, 0.1) is 5.92 Å². The zero-order valence-corrected chi connectivity index (χ0v) is 18.1. The molecular formula is C24H29F2N3O2. The van der Waals surface area contributed by atoms with Gasteiger partial charge in [0.1, 0.15) is 11.9 Å². The van der Waals surface area contributed by atoms with Gasteiger partial charge in [-0.2, -0.15) is 0 Å². The third-order valence-electron chi connectivity index (χ3n) is 5.86. The number of rotatable bonds is 9. The van der Waals surface area contributed by atoms with Crippen LogP contribution in [0.1, 0.15) is 44.6 Å². The van der Waals surface area contributed by atoms with Crippen LogP contribution in [-0.4, -0.2) is 41.7 Å². The van der Waals surface area contributed by atoms with Gasteiger partial charge in [0.2, 0.25) is 5.95 Å². The van der Waals surface area contributed by atoms with E-state index in [9.17, 15) is 8.78 Å². The average Bonchev–Trinajstić information content (AvgIpc) is 3.11. The molecule has 2 aliphatic rings. The summed E-state index contributed by atoms with van der Waals surface area (Å²) in [7, 11) is 0. The Bertz CT molecular complexity index is 902. The van der Waals surface area contributed by atoms with Gasteiger partial charge in [-0.05, 0) is 37.0 Å². The minimum absolute atomic E-state index is 0.0000985. The first-order chi connectivity index (χ1) is 14.8. The molecule has 1 aromatic heterocycles. The van der Waals surface area contributed by atoms with E-state index in [-0.39, 0.29) is 19.1 Å². The monoisotopic (exact) mass is 429 g/mol. The van der Waals surface area contributed by atoms with Crippen LogP contribution in [0.15, 0.2) is 48.8 Å². The number of hydrogen-bond acceptors (Lipinski definition) is 5. The van der Waals surface area contributed by atoms with Crippen LogP contribution >= 0.6 is 0 Å². The number of benzene rings is 1. The van der Waals surface area contributed by atoms with Crippen molar-refractivity contribution in [3.8, 4) is 11.5 Å².